The van der Waals surface area contributed by atoms with Gasteiger partial charge in [0.1, 0.15) is 0 Å². The summed E-state index contributed by atoms with van der Waals surface area (Å²) in [7, 11) is 0. The number of hydrogen-bond donors (Lipinski definition) is 0. The van der Waals surface area contributed by atoms with E-state index in [0.29, 0.717) is 5.91 Å². The van der Waals surface area contributed by atoms with E-state index in [4.69, 9.17) is 0 Å². The Kier molecular flexibility index (Phi) is 3.69. The molecule has 1 aromatic heterocycles. The minimum atomic E-state index is 0.115. The molecule has 0 bridgehead atoms. The van der Waals surface area contributed by atoms with Crippen molar-refractivity contribution in [2.24, 2.45) is 11.8 Å². The molecule has 1 saturated heterocycles. The van der Waals surface area contributed by atoms with Gasteiger partial charge in [-0.1, -0.05) is 12.5 Å². The summed E-state index contributed by atoms with van der Waals surface area (Å²) in [6.07, 6.45) is 4.98. The highest BCUT2D eigenvalue weighted by Crippen LogP contribution is 2.30. The fraction of sp³-hybridized carbons (Fsp3) is 0.600. The van der Waals surface area contributed by atoms with Crippen molar-refractivity contribution in [3.63, 3.8) is 0 Å². The van der Waals surface area contributed by atoms with Crippen molar-refractivity contribution in [1.29, 1.82) is 0 Å². The third kappa shape index (κ3) is 2.59. The molecule has 19 heavy (non-hydrogen) atoms. The highest BCUT2D eigenvalue weighted by molar-refractivity contribution is 7.12. The number of amides is 1. The molecule has 102 valence electrons. The minimum absolute atomic E-state index is 0.115. The van der Waals surface area contributed by atoms with E-state index in [-0.39, 0.29) is 17.6 Å². The fourth-order valence-electron chi connectivity index (χ4n) is 2.90. The van der Waals surface area contributed by atoms with E-state index in [9.17, 15) is 9.59 Å². The molecule has 3 nitrogen and oxygen atoms in total. The molecule has 3 rings (SSSR count). The van der Waals surface area contributed by atoms with Gasteiger partial charge >= 0.3 is 0 Å². The van der Waals surface area contributed by atoms with Crippen molar-refractivity contribution in [3.8, 4) is 0 Å². The van der Waals surface area contributed by atoms with Gasteiger partial charge < -0.3 is 4.90 Å². The molecular formula is C15H19NO2S. The number of carbonyl (C=O) groups is 2. The Morgan fingerprint density at radius 1 is 1.11 bits per heavy atom. The molecule has 1 aliphatic carbocycles. The zero-order valence-electron chi connectivity index (χ0n) is 11.0. The van der Waals surface area contributed by atoms with Crippen molar-refractivity contribution in [2.75, 3.05) is 13.1 Å². The van der Waals surface area contributed by atoms with Crippen LogP contribution in [0, 0.1) is 11.8 Å². The normalized spacial score (nSPS) is 21.2. The summed E-state index contributed by atoms with van der Waals surface area (Å²) >= 11 is 1.52. The van der Waals surface area contributed by atoms with Gasteiger partial charge in [-0.15, -0.1) is 11.3 Å². The van der Waals surface area contributed by atoms with Gasteiger partial charge in [-0.05, 0) is 37.1 Å². The van der Waals surface area contributed by atoms with E-state index < -0.39 is 0 Å². The van der Waals surface area contributed by atoms with Crippen LogP contribution in [-0.2, 0) is 4.79 Å². The highest BCUT2D eigenvalue weighted by Gasteiger charge is 2.33. The van der Waals surface area contributed by atoms with E-state index in [1.165, 1.54) is 17.8 Å². The van der Waals surface area contributed by atoms with E-state index in [0.717, 1.165) is 43.6 Å². The van der Waals surface area contributed by atoms with Crippen molar-refractivity contribution in [3.05, 3.63) is 22.4 Å². The molecule has 1 aromatic rings. The Labute approximate surface area is 117 Å². The maximum absolute atomic E-state index is 12.2. The highest BCUT2D eigenvalue weighted by atomic mass is 32.1. The second-order valence-electron chi connectivity index (χ2n) is 5.57. The number of Topliss-reactive ketones (excluding diaryl/α,β-unsaturated/α-hetero) is 1. The van der Waals surface area contributed by atoms with Gasteiger partial charge in [-0.25, -0.2) is 0 Å². The van der Waals surface area contributed by atoms with Gasteiger partial charge in [0, 0.05) is 24.9 Å². The molecule has 4 heteroatoms. The third-order valence-corrected chi connectivity index (χ3v) is 5.28. The predicted molar refractivity (Wildman–Crippen MR) is 75.3 cm³/mol. The number of nitrogens with zero attached hydrogens (tertiary/aromatic N) is 1. The van der Waals surface area contributed by atoms with E-state index in [1.54, 1.807) is 0 Å². The number of hydrogen-bond acceptors (Lipinski definition) is 3. The Morgan fingerprint density at radius 3 is 2.37 bits per heavy atom. The van der Waals surface area contributed by atoms with Crippen molar-refractivity contribution >= 4 is 23.0 Å². The first-order valence-corrected chi connectivity index (χ1v) is 8.00. The number of carbonyl (C=O) groups excluding carboxylic acids is 2. The largest absolute Gasteiger partial charge is 0.342 e. The summed E-state index contributed by atoms with van der Waals surface area (Å²) in [5.74, 6) is 0.993. The van der Waals surface area contributed by atoms with Crippen LogP contribution in [0.4, 0.5) is 0 Å². The maximum atomic E-state index is 12.2. The number of ketones is 1. The smallest absolute Gasteiger partial charge is 0.225 e. The summed E-state index contributed by atoms with van der Waals surface area (Å²) in [6, 6.07) is 3.83. The van der Waals surface area contributed by atoms with Crippen LogP contribution in [0.1, 0.15) is 41.8 Å². The van der Waals surface area contributed by atoms with E-state index >= 15 is 0 Å². The zero-order chi connectivity index (χ0) is 13.2. The average molecular weight is 277 g/mol. The van der Waals surface area contributed by atoms with E-state index in [2.05, 4.69) is 0 Å². The van der Waals surface area contributed by atoms with Gasteiger partial charge in [0.25, 0.3) is 0 Å². The van der Waals surface area contributed by atoms with Crippen LogP contribution >= 0.6 is 11.3 Å². The zero-order valence-corrected chi connectivity index (χ0v) is 11.8. The van der Waals surface area contributed by atoms with Crippen molar-refractivity contribution in [1.82, 2.24) is 4.90 Å². The SMILES string of the molecule is O=C(c1cccs1)C1CCN(C(=O)C2CCC2)CC1. The monoisotopic (exact) mass is 277 g/mol. The lowest BCUT2D eigenvalue weighted by Gasteiger charge is -2.36. The summed E-state index contributed by atoms with van der Waals surface area (Å²) in [4.78, 5) is 27.2. The quantitative estimate of drug-likeness (QED) is 0.797. The Balaban J connectivity index is 1.54. The van der Waals surface area contributed by atoms with Gasteiger partial charge in [0.15, 0.2) is 5.78 Å². The molecule has 1 saturated carbocycles. The standard InChI is InChI=1S/C15H19NO2S/c17-14(13-5-2-10-19-13)11-6-8-16(9-7-11)15(18)12-3-1-4-12/h2,5,10-12H,1,3-4,6-9H2. The van der Waals surface area contributed by atoms with Gasteiger partial charge in [0.2, 0.25) is 5.91 Å². The topological polar surface area (TPSA) is 37.4 Å². The maximum Gasteiger partial charge on any atom is 0.225 e. The molecule has 2 aliphatic rings. The molecule has 1 amide bonds. The molecule has 0 aromatic carbocycles. The summed E-state index contributed by atoms with van der Waals surface area (Å²) < 4.78 is 0. The number of piperidine rings is 1. The molecule has 0 atom stereocenters. The lowest BCUT2D eigenvalue weighted by atomic mass is 9.83. The summed E-state index contributed by atoms with van der Waals surface area (Å²) in [6.45, 7) is 1.52. The Bertz CT molecular complexity index is 456. The van der Waals surface area contributed by atoms with Crippen LogP contribution in [0.5, 0.6) is 0 Å². The van der Waals surface area contributed by atoms with Gasteiger partial charge in [-0.2, -0.15) is 0 Å². The van der Waals surface area contributed by atoms with Crippen molar-refractivity contribution < 1.29 is 9.59 Å². The predicted octanol–water partition coefficient (Wildman–Crippen LogP) is 2.97. The van der Waals surface area contributed by atoms with E-state index in [1.807, 2.05) is 22.4 Å². The lowest BCUT2D eigenvalue weighted by molar-refractivity contribution is -0.139. The van der Waals surface area contributed by atoms with Gasteiger partial charge in [0.05, 0.1) is 4.88 Å². The average Bonchev–Trinajstić information content (AvgIpc) is 2.90. The number of likely N-dealkylation sites (tertiary alicyclic amines) is 1. The van der Waals surface area contributed by atoms with Crippen molar-refractivity contribution in [2.45, 2.75) is 32.1 Å². The molecule has 1 aliphatic heterocycles. The Morgan fingerprint density at radius 2 is 1.84 bits per heavy atom. The molecule has 0 N–H and O–H groups in total. The molecule has 0 spiro atoms. The molecule has 2 heterocycles. The lowest BCUT2D eigenvalue weighted by Crippen LogP contribution is -2.44. The second kappa shape index (κ2) is 5.45. The first-order valence-electron chi connectivity index (χ1n) is 7.12. The van der Waals surface area contributed by atoms with Gasteiger partial charge in [-0.3, -0.25) is 9.59 Å². The molecular weight excluding hydrogens is 258 g/mol. The fourth-order valence-corrected chi connectivity index (χ4v) is 3.64. The van der Waals surface area contributed by atoms with Crippen LogP contribution in [-0.4, -0.2) is 29.7 Å². The van der Waals surface area contributed by atoms with Crippen LogP contribution in [0.3, 0.4) is 0 Å². The molecule has 0 radical (unpaired) electrons. The van der Waals surface area contributed by atoms with Crippen LogP contribution in [0.2, 0.25) is 0 Å². The molecule has 2 fully saturated rings. The van der Waals surface area contributed by atoms with Crippen LogP contribution in [0.15, 0.2) is 17.5 Å². The third-order valence-electron chi connectivity index (χ3n) is 4.40. The number of thiophene rings is 1. The Hall–Kier alpha value is -1.16. The van der Waals surface area contributed by atoms with Crippen LogP contribution in [0.25, 0.3) is 0 Å². The van der Waals surface area contributed by atoms with Crippen LogP contribution < -0.4 is 0 Å². The summed E-state index contributed by atoms with van der Waals surface area (Å²) in [5, 5.41) is 1.95. The second-order valence-corrected chi connectivity index (χ2v) is 6.52. The summed E-state index contributed by atoms with van der Waals surface area (Å²) in [5.41, 5.74) is 0. The first kappa shape index (κ1) is 12.9. The number of rotatable bonds is 3. The minimum Gasteiger partial charge on any atom is -0.342 e. The first-order chi connectivity index (χ1) is 9.25. The molecule has 0 unspecified atom stereocenters.